The number of methoxy groups -OCH3 is 2. The van der Waals surface area contributed by atoms with Crippen LogP contribution in [-0.4, -0.2) is 60.0 Å². The second-order valence-electron chi connectivity index (χ2n) is 8.31. The highest BCUT2D eigenvalue weighted by molar-refractivity contribution is 6.07. The third kappa shape index (κ3) is 6.33. The zero-order chi connectivity index (χ0) is 24.6. The molecule has 0 saturated carbocycles. The monoisotopic (exact) mass is 475 g/mol. The van der Waals surface area contributed by atoms with Gasteiger partial charge in [-0.05, 0) is 54.8 Å². The SMILES string of the molecule is COc1ccc(CN2CCC(NC(=O)c3nccnc3NC(=O)c3ccc(OC)cc3)CC2)cc1. The van der Waals surface area contributed by atoms with Crippen LogP contribution in [0.1, 0.15) is 39.3 Å². The smallest absolute Gasteiger partial charge is 0.273 e. The van der Waals surface area contributed by atoms with Crippen LogP contribution in [0.25, 0.3) is 0 Å². The van der Waals surface area contributed by atoms with Crippen molar-refractivity contribution in [2.24, 2.45) is 0 Å². The number of aromatic nitrogens is 2. The summed E-state index contributed by atoms with van der Waals surface area (Å²) in [6.45, 7) is 2.60. The fraction of sp³-hybridized carbons (Fsp3) is 0.308. The van der Waals surface area contributed by atoms with Gasteiger partial charge in [0.05, 0.1) is 14.2 Å². The number of hydrogen-bond acceptors (Lipinski definition) is 7. The van der Waals surface area contributed by atoms with Gasteiger partial charge in [-0.25, -0.2) is 9.97 Å². The third-order valence-electron chi connectivity index (χ3n) is 5.99. The van der Waals surface area contributed by atoms with Crippen molar-refractivity contribution in [1.29, 1.82) is 0 Å². The number of anilines is 1. The van der Waals surface area contributed by atoms with Gasteiger partial charge >= 0.3 is 0 Å². The van der Waals surface area contributed by atoms with E-state index in [1.54, 1.807) is 38.5 Å². The number of nitrogens with zero attached hydrogens (tertiary/aromatic N) is 3. The predicted octanol–water partition coefficient (Wildman–Crippen LogP) is 3.14. The maximum Gasteiger partial charge on any atom is 0.273 e. The lowest BCUT2D eigenvalue weighted by Gasteiger charge is -2.32. The fourth-order valence-electron chi connectivity index (χ4n) is 4.00. The van der Waals surface area contributed by atoms with E-state index in [2.05, 4.69) is 37.6 Å². The molecule has 3 aromatic rings. The number of ether oxygens (including phenoxy) is 2. The molecule has 2 aromatic carbocycles. The molecule has 0 atom stereocenters. The van der Waals surface area contributed by atoms with Gasteiger partial charge in [0, 0.05) is 43.6 Å². The molecular weight excluding hydrogens is 446 g/mol. The Morgan fingerprint density at radius 2 is 1.49 bits per heavy atom. The van der Waals surface area contributed by atoms with Gasteiger partial charge in [-0.15, -0.1) is 0 Å². The lowest BCUT2D eigenvalue weighted by molar-refractivity contribution is 0.0904. The number of hydrogen-bond donors (Lipinski definition) is 2. The number of rotatable bonds is 8. The Kier molecular flexibility index (Phi) is 7.89. The fourth-order valence-corrected chi connectivity index (χ4v) is 4.00. The Morgan fingerprint density at radius 3 is 2.11 bits per heavy atom. The summed E-state index contributed by atoms with van der Waals surface area (Å²) in [7, 11) is 3.22. The molecule has 0 unspecified atom stereocenters. The van der Waals surface area contributed by atoms with Gasteiger partial charge in [0.2, 0.25) is 0 Å². The van der Waals surface area contributed by atoms with Crippen molar-refractivity contribution in [3.8, 4) is 11.5 Å². The van der Waals surface area contributed by atoms with Crippen molar-refractivity contribution >= 4 is 17.6 Å². The molecular formula is C26H29N5O4. The van der Waals surface area contributed by atoms with Crippen molar-refractivity contribution in [3.05, 3.63) is 77.7 Å². The summed E-state index contributed by atoms with van der Waals surface area (Å²) in [5.41, 5.74) is 1.74. The van der Waals surface area contributed by atoms with Crippen LogP contribution in [0.3, 0.4) is 0 Å². The number of carbonyl (C=O) groups is 2. The van der Waals surface area contributed by atoms with Gasteiger partial charge in [0.15, 0.2) is 11.5 Å². The third-order valence-corrected chi connectivity index (χ3v) is 5.99. The Morgan fingerprint density at radius 1 is 0.886 bits per heavy atom. The van der Waals surface area contributed by atoms with E-state index in [0.717, 1.165) is 38.2 Å². The van der Waals surface area contributed by atoms with Crippen LogP contribution < -0.4 is 20.1 Å². The van der Waals surface area contributed by atoms with Crippen LogP contribution in [0.15, 0.2) is 60.9 Å². The van der Waals surface area contributed by atoms with E-state index in [-0.39, 0.29) is 29.4 Å². The molecule has 1 saturated heterocycles. The summed E-state index contributed by atoms with van der Waals surface area (Å²) in [6.07, 6.45) is 4.54. The quantitative estimate of drug-likeness (QED) is 0.516. The highest BCUT2D eigenvalue weighted by Gasteiger charge is 2.24. The molecule has 0 spiro atoms. The Balaban J connectivity index is 1.31. The first-order chi connectivity index (χ1) is 17.1. The van der Waals surface area contributed by atoms with Gasteiger partial charge < -0.3 is 20.1 Å². The summed E-state index contributed by atoms with van der Waals surface area (Å²) in [4.78, 5) is 36.3. The zero-order valence-corrected chi connectivity index (χ0v) is 19.9. The average Bonchev–Trinajstić information content (AvgIpc) is 2.90. The summed E-state index contributed by atoms with van der Waals surface area (Å²) < 4.78 is 10.3. The van der Waals surface area contributed by atoms with Crippen molar-refractivity contribution in [2.45, 2.75) is 25.4 Å². The van der Waals surface area contributed by atoms with E-state index >= 15 is 0 Å². The van der Waals surface area contributed by atoms with Crippen LogP contribution in [0.4, 0.5) is 5.82 Å². The van der Waals surface area contributed by atoms with E-state index in [0.29, 0.717) is 11.3 Å². The molecule has 0 bridgehead atoms. The molecule has 9 nitrogen and oxygen atoms in total. The number of benzene rings is 2. The van der Waals surface area contributed by atoms with Crippen LogP contribution in [0.2, 0.25) is 0 Å². The first-order valence-electron chi connectivity index (χ1n) is 11.5. The Labute approximate surface area is 204 Å². The largest absolute Gasteiger partial charge is 0.497 e. The maximum atomic E-state index is 13.0. The summed E-state index contributed by atoms with van der Waals surface area (Å²) in [6, 6.07) is 14.8. The molecule has 0 aliphatic carbocycles. The average molecular weight is 476 g/mol. The molecule has 2 N–H and O–H groups in total. The second-order valence-corrected chi connectivity index (χ2v) is 8.31. The van der Waals surface area contributed by atoms with Gasteiger partial charge in [-0.1, -0.05) is 12.1 Å². The molecule has 9 heteroatoms. The van der Waals surface area contributed by atoms with Gasteiger partial charge in [0.1, 0.15) is 11.5 Å². The Bertz CT molecular complexity index is 1140. The highest BCUT2D eigenvalue weighted by atomic mass is 16.5. The van der Waals surface area contributed by atoms with Crippen LogP contribution >= 0.6 is 0 Å². The van der Waals surface area contributed by atoms with E-state index in [1.165, 1.54) is 18.0 Å². The molecule has 1 aliphatic heterocycles. The van der Waals surface area contributed by atoms with E-state index in [9.17, 15) is 9.59 Å². The topological polar surface area (TPSA) is 106 Å². The molecule has 1 aliphatic rings. The number of piperidine rings is 1. The van der Waals surface area contributed by atoms with Gasteiger partial charge in [-0.3, -0.25) is 14.5 Å². The number of carbonyl (C=O) groups excluding carboxylic acids is 2. The van der Waals surface area contributed by atoms with Crippen molar-refractivity contribution in [1.82, 2.24) is 20.2 Å². The molecule has 182 valence electrons. The number of nitrogens with one attached hydrogen (secondary N) is 2. The van der Waals surface area contributed by atoms with E-state index in [1.807, 2.05) is 12.1 Å². The standard InChI is InChI=1S/C26H29N5O4/c1-34-21-7-3-18(4-8-21)17-31-15-11-20(12-16-31)29-26(33)23-24(28-14-13-27-23)30-25(32)19-5-9-22(35-2)10-6-19/h3-10,13-14,20H,11-12,15-17H2,1-2H3,(H,29,33)(H,28,30,32). The minimum atomic E-state index is -0.381. The predicted molar refractivity (Wildman–Crippen MR) is 132 cm³/mol. The lowest BCUT2D eigenvalue weighted by atomic mass is 10.0. The highest BCUT2D eigenvalue weighted by Crippen LogP contribution is 2.18. The van der Waals surface area contributed by atoms with Crippen LogP contribution in [0, 0.1) is 0 Å². The molecule has 35 heavy (non-hydrogen) atoms. The van der Waals surface area contributed by atoms with Crippen molar-refractivity contribution < 1.29 is 19.1 Å². The molecule has 0 radical (unpaired) electrons. The Hall–Kier alpha value is -3.98. The van der Waals surface area contributed by atoms with Gasteiger partial charge in [-0.2, -0.15) is 0 Å². The zero-order valence-electron chi connectivity index (χ0n) is 19.9. The van der Waals surface area contributed by atoms with Crippen LogP contribution in [-0.2, 0) is 6.54 Å². The minimum Gasteiger partial charge on any atom is -0.497 e. The molecule has 4 rings (SSSR count). The van der Waals surface area contributed by atoms with Gasteiger partial charge in [0.25, 0.3) is 11.8 Å². The first kappa shape index (κ1) is 24.2. The molecule has 1 fully saturated rings. The summed E-state index contributed by atoms with van der Waals surface area (Å²) >= 11 is 0. The number of likely N-dealkylation sites (tertiary alicyclic amines) is 1. The van der Waals surface area contributed by atoms with E-state index in [4.69, 9.17) is 9.47 Å². The molecule has 2 heterocycles. The summed E-state index contributed by atoms with van der Waals surface area (Å²) in [5.74, 6) is 0.892. The second kappa shape index (κ2) is 11.4. The summed E-state index contributed by atoms with van der Waals surface area (Å²) in [5, 5.41) is 5.74. The first-order valence-corrected chi connectivity index (χ1v) is 11.5. The minimum absolute atomic E-state index is 0.0294. The molecule has 1 aromatic heterocycles. The normalized spacial score (nSPS) is 14.2. The van der Waals surface area contributed by atoms with Crippen molar-refractivity contribution in [3.63, 3.8) is 0 Å². The lowest BCUT2D eigenvalue weighted by Crippen LogP contribution is -2.44. The molecule has 2 amide bonds. The van der Waals surface area contributed by atoms with E-state index < -0.39 is 0 Å². The number of amides is 2. The maximum absolute atomic E-state index is 13.0. The van der Waals surface area contributed by atoms with Crippen molar-refractivity contribution in [2.75, 3.05) is 32.6 Å². The van der Waals surface area contributed by atoms with Crippen LogP contribution in [0.5, 0.6) is 11.5 Å².